The fourth-order valence-corrected chi connectivity index (χ4v) is 2.86. The Labute approximate surface area is 113 Å². The molecule has 18 heavy (non-hydrogen) atoms. The third-order valence-electron chi connectivity index (χ3n) is 3.25. The maximum Gasteiger partial charge on any atom is 0.102 e. The van der Waals surface area contributed by atoms with E-state index in [1.165, 1.54) is 19.3 Å². The summed E-state index contributed by atoms with van der Waals surface area (Å²) < 4.78 is 0. The van der Waals surface area contributed by atoms with E-state index in [1.807, 2.05) is 24.5 Å². The fourth-order valence-electron chi connectivity index (χ4n) is 2.29. The minimum atomic E-state index is 0.769. The minimum Gasteiger partial charge on any atom is -0.384 e. The molecule has 0 aliphatic heterocycles. The van der Waals surface area contributed by atoms with Crippen molar-refractivity contribution in [3.63, 3.8) is 0 Å². The molecule has 1 N–H and O–H groups in total. The first-order valence-corrected chi connectivity index (χ1v) is 7.56. The zero-order chi connectivity index (χ0) is 12.8. The van der Waals surface area contributed by atoms with Gasteiger partial charge in [-0.2, -0.15) is 5.26 Å². The monoisotopic (exact) mass is 258 g/mol. The summed E-state index contributed by atoms with van der Waals surface area (Å²) in [6.45, 7) is 0.915. The summed E-state index contributed by atoms with van der Waals surface area (Å²) in [5.41, 5.74) is 3.29. The number of anilines is 1. The summed E-state index contributed by atoms with van der Waals surface area (Å²) in [4.78, 5) is 1.04. The summed E-state index contributed by atoms with van der Waals surface area (Å²) in [7, 11) is 0. The lowest BCUT2D eigenvalue weighted by Gasteiger charge is -2.10. The van der Waals surface area contributed by atoms with Crippen molar-refractivity contribution in [1.29, 1.82) is 5.26 Å². The highest BCUT2D eigenvalue weighted by atomic mass is 32.2. The molecule has 1 aliphatic rings. The number of nitrogens with one attached hydrogen (secondary N) is 1. The Morgan fingerprint density at radius 3 is 3.00 bits per heavy atom. The number of nitrogens with zero attached hydrogens (tertiary/aromatic N) is 1. The normalized spacial score (nSPS) is 14.1. The van der Waals surface area contributed by atoms with Crippen molar-refractivity contribution in [2.75, 3.05) is 18.1 Å². The zero-order valence-corrected chi connectivity index (χ0v) is 11.5. The van der Waals surface area contributed by atoms with E-state index in [2.05, 4.69) is 17.5 Å². The lowest BCUT2D eigenvalue weighted by molar-refractivity contribution is 0.863. The second-order valence-corrected chi connectivity index (χ2v) is 5.27. The predicted molar refractivity (Wildman–Crippen MR) is 78.0 cm³/mol. The van der Waals surface area contributed by atoms with Gasteiger partial charge < -0.3 is 5.32 Å². The quantitative estimate of drug-likeness (QED) is 0.635. The van der Waals surface area contributed by atoms with Gasteiger partial charge >= 0.3 is 0 Å². The average Bonchev–Trinajstić information content (AvgIpc) is 2.91. The van der Waals surface area contributed by atoms with Crippen molar-refractivity contribution < 1.29 is 0 Å². The average molecular weight is 258 g/mol. The number of hydrogen-bond donors (Lipinski definition) is 1. The Kier molecular flexibility index (Phi) is 4.72. The van der Waals surface area contributed by atoms with Gasteiger partial charge in [0.2, 0.25) is 0 Å². The predicted octanol–water partition coefficient (Wildman–Crippen LogP) is 4.19. The van der Waals surface area contributed by atoms with Crippen LogP contribution in [0.2, 0.25) is 0 Å². The van der Waals surface area contributed by atoms with Crippen LogP contribution in [0.1, 0.15) is 31.2 Å². The number of nitriles is 1. The zero-order valence-electron chi connectivity index (χ0n) is 10.7. The van der Waals surface area contributed by atoms with Crippen LogP contribution in [-0.4, -0.2) is 12.8 Å². The largest absolute Gasteiger partial charge is 0.384 e. The molecule has 0 aromatic heterocycles. The van der Waals surface area contributed by atoms with Gasteiger partial charge in [-0.05, 0) is 44.1 Å². The number of thioether (sulfide) groups is 1. The van der Waals surface area contributed by atoms with Gasteiger partial charge in [0.15, 0.2) is 0 Å². The third-order valence-corrected chi connectivity index (χ3v) is 4.03. The van der Waals surface area contributed by atoms with Gasteiger partial charge in [-0.15, -0.1) is 11.8 Å². The highest BCUT2D eigenvalue weighted by Crippen LogP contribution is 2.27. The molecule has 0 amide bonds. The van der Waals surface area contributed by atoms with E-state index < -0.39 is 0 Å². The summed E-state index contributed by atoms with van der Waals surface area (Å²) in [6.07, 6.45) is 9.24. The molecule has 0 bridgehead atoms. The van der Waals surface area contributed by atoms with Crippen LogP contribution in [0.5, 0.6) is 0 Å². The molecule has 2 nitrogen and oxygen atoms in total. The first-order valence-electron chi connectivity index (χ1n) is 6.34. The lowest BCUT2D eigenvalue weighted by atomic mass is 10.1. The van der Waals surface area contributed by atoms with Crippen LogP contribution in [0.3, 0.4) is 0 Å². The van der Waals surface area contributed by atoms with Crippen LogP contribution in [0, 0.1) is 11.3 Å². The van der Waals surface area contributed by atoms with E-state index in [1.54, 1.807) is 17.3 Å². The number of rotatable bonds is 5. The Hall–Kier alpha value is -1.40. The van der Waals surface area contributed by atoms with Gasteiger partial charge in [-0.1, -0.05) is 17.7 Å². The van der Waals surface area contributed by atoms with E-state index in [4.69, 9.17) is 0 Å². The fraction of sp³-hybridized carbons (Fsp3) is 0.400. The van der Waals surface area contributed by atoms with Crippen molar-refractivity contribution in [2.45, 2.75) is 30.6 Å². The molecule has 0 heterocycles. The second kappa shape index (κ2) is 6.51. The number of hydrogen-bond acceptors (Lipinski definition) is 3. The molecule has 0 saturated carbocycles. The topological polar surface area (TPSA) is 35.8 Å². The highest BCUT2D eigenvalue weighted by molar-refractivity contribution is 7.98. The minimum absolute atomic E-state index is 0.769. The summed E-state index contributed by atoms with van der Waals surface area (Å²) in [6, 6.07) is 8.28. The van der Waals surface area contributed by atoms with Crippen LogP contribution in [0.25, 0.3) is 0 Å². The molecule has 0 radical (unpaired) electrons. The molecule has 94 valence electrons. The van der Waals surface area contributed by atoms with E-state index in [9.17, 15) is 5.26 Å². The van der Waals surface area contributed by atoms with Crippen molar-refractivity contribution >= 4 is 17.4 Å². The van der Waals surface area contributed by atoms with Crippen molar-refractivity contribution in [3.05, 3.63) is 35.4 Å². The maximum absolute atomic E-state index is 9.23. The smallest absolute Gasteiger partial charge is 0.102 e. The van der Waals surface area contributed by atoms with Crippen LogP contribution in [0.4, 0.5) is 5.69 Å². The van der Waals surface area contributed by atoms with E-state index >= 15 is 0 Å². The van der Waals surface area contributed by atoms with Gasteiger partial charge in [0.05, 0.1) is 11.3 Å². The van der Waals surface area contributed by atoms with Crippen LogP contribution in [0.15, 0.2) is 34.7 Å². The Bertz CT molecular complexity index is 486. The van der Waals surface area contributed by atoms with Crippen LogP contribution < -0.4 is 5.32 Å². The van der Waals surface area contributed by atoms with Gasteiger partial charge in [-0.3, -0.25) is 0 Å². The van der Waals surface area contributed by atoms with Crippen molar-refractivity contribution in [2.24, 2.45) is 0 Å². The second-order valence-electron chi connectivity index (χ2n) is 4.43. The molecular formula is C15H18N2S. The van der Waals surface area contributed by atoms with E-state index in [0.717, 1.165) is 29.1 Å². The highest BCUT2D eigenvalue weighted by Gasteiger charge is 2.08. The SMILES string of the molecule is CSc1cccc(NCCC2=CCCC2)c1C#N. The first-order chi connectivity index (χ1) is 8.85. The van der Waals surface area contributed by atoms with Crippen molar-refractivity contribution in [1.82, 2.24) is 0 Å². The Morgan fingerprint density at radius 2 is 2.33 bits per heavy atom. The third kappa shape index (κ3) is 3.08. The van der Waals surface area contributed by atoms with Gasteiger partial charge in [0, 0.05) is 11.4 Å². The lowest BCUT2D eigenvalue weighted by Crippen LogP contribution is -2.04. The Balaban J connectivity index is 1.98. The molecule has 0 atom stereocenters. The van der Waals surface area contributed by atoms with E-state index in [-0.39, 0.29) is 0 Å². The Morgan fingerprint density at radius 1 is 1.44 bits per heavy atom. The van der Waals surface area contributed by atoms with Gasteiger partial charge in [0.25, 0.3) is 0 Å². The summed E-state index contributed by atoms with van der Waals surface area (Å²) >= 11 is 1.62. The van der Waals surface area contributed by atoms with Gasteiger partial charge in [-0.25, -0.2) is 0 Å². The van der Waals surface area contributed by atoms with Gasteiger partial charge in [0.1, 0.15) is 6.07 Å². The summed E-state index contributed by atoms with van der Waals surface area (Å²) in [5.74, 6) is 0. The molecule has 1 aromatic carbocycles. The van der Waals surface area contributed by atoms with Crippen LogP contribution >= 0.6 is 11.8 Å². The molecular weight excluding hydrogens is 240 g/mol. The molecule has 0 unspecified atom stereocenters. The molecule has 1 aromatic rings. The molecule has 0 spiro atoms. The standard InChI is InChI=1S/C15H18N2S/c1-18-15-8-4-7-14(13(15)11-16)17-10-9-12-5-2-3-6-12/h4-5,7-8,17H,2-3,6,9-10H2,1H3. The number of benzene rings is 1. The molecule has 0 saturated heterocycles. The first kappa shape index (κ1) is 13.0. The van der Waals surface area contributed by atoms with E-state index in [0.29, 0.717) is 0 Å². The molecule has 3 heteroatoms. The maximum atomic E-state index is 9.23. The van der Waals surface area contributed by atoms with Crippen molar-refractivity contribution in [3.8, 4) is 6.07 Å². The summed E-state index contributed by atoms with van der Waals surface area (Å²) in [5, 5.41) is 12.6. The molecule has 0 fully saturated rings. The molecule has 2 rings (SSSR count). The van der Waals surface area contributed by atoms with Crippen LogP contribution in [-0.2, 0) is 0 Å². The molecule has 1 aliphatic carbocycles. The number of allylic oxidation sites excluding steroid dienone is 1.